The third-order valence-corrected chi connectivity index (χ3v) is 3.73. The number of nitrogens with one attached hydrogen (secondary N) is 1. The summed E-state index contributed by atoms with van der Waals surface area (Å²) in [7, 11) is 3.16. The monoisotopic (exact) mass is 322 g/mol. The second-order valence-electron chi connectivity index (χ2n) is 5.42. The molecule has 5 heteroatoms. The number of benzene rings is 2. The Morgan fingerprint density at radius 2 is 1.71 bits per heavy atom. The molecule has 5 nitrogen and oxygen atoms in total. The van der Waals surface area contributed by atoms with E-state index in [1.807, 2.05) is 37.3 Å². The second-order valence-corrected chi connectivity index (χ2v) is 5.42. The van der Waals surface area contributed by atoms with Crippen LogP contribution in [0.4, 0.5) is 0 Å². The topological polar surface area (TPSA) is 59.9 Å². The highest BCUT2D eigenvalue weighted by molar-refractivity contribution is 6.19. The van der Waals surface area contributed by atoms with Crippen molar-refractivity contribution in [3.63, 3.8) is 0 Å². The molecule has 1 aliphatic heterocycles. The van der Waals surface area contributed by atoms with Gasteiger partial charge in [0.25, 0.3) is 5.91 Å². The minimum atomic E-state index is -0.222. The maximum absolute atomic E-state index is 12.2. The lowest BCUT2D eigenvalue weighted by Crippen LogP contribution is -2.24. The summed E-state index contributed by atoms with van der Waals surface area (Å²) >= 11 is 0. The van der Waals surface area contributed by atoms with Gasteiger partial charge in [0.2, 0.25) is 0 Å². The van der Waals surface area contributed by atoms with Gasteiger partial charge in [-0.25, -0.2) is 4.99 Å². The van der Waals surface area contributed by atoms with Crippen LogP contribution in [0.1, 0.15) is 16.7 Å². The summed E-state index contributed by atoms with van der Waals surface area (Å²) in [5.41, 5.74) is 3.21. The van der Waals surface area contributed by atoms with Gasteiger partial charge < -0.3 is 14.8 Å². The fraction of sp³-hybridized carbons (Fsp3) is 0.158. The highest BCUT2D eigenvalue weighted by Crippen LogP contribution is 2.28. The van der Waals surface area contributed by atoms with Gasteiger partial charge in [-0.3, -0.25) is 4.79 Å². The van der Waals surface area contributed by atoms with E-state index in [2.05, 4.69) is 10.3 Å². The van der Waals surface area contributed by atoms with Crippen molar-refractivity contribution in [1.82, 2.24) is 5.32 Å². The van der Waals surface area contributed by atoms with Crippen LogP contribution in [0.5, 0.6) is 11.5 Å². The molecule has 0 aliphatic carbocycles. The Morgan fingerprint density at radius 1 is 1.00 bits per heavy atom. The number of carbonyl (C=O) groups excluding carboxylic acids is 1. The quantitative estimate of drug-likeness (QED) is 0.881. The summed E-state index contributed by atoms with van der Waals surface area (Å²) in [6, 6.07) is 13.3. The second kappa shape index (κ2) is 6.58. The van der Waals surface area contributed by atoms with E-state index in [0.29, 0.717) is 23.0 Å². The molecule has 1 N–H and O–H groups in total. The van der Waals surface area contributed by atoms with Gasteiger partial charge in [0.1, 0.15) is 11.5 Å². The van der Waals surface area contributed by atoms with Gasteiger partial charge in [0.15, 0.2) is 11.5 Å². The lowest BCUT2D eigenvalue weighted by atomic mass is 10.1. The van der Waals surface area contributed by atoms with Crippen LogP contribution in [0.2, 0.25) is 0 Å². The van der Waals surface area contributed by atoms with Gasteiger partial charge in [0, 0.05) is 5.56 Å². The smallest absolute Gasteiger partial charge is 0.275 e. The summed E-state index contributed by atoms with van der Waals surface area (Å²) in [4.78, 5) is 16.6. The Balaban J connectivity index is 1.92. The van der Waals surface area contributed by atoms with E-state index in [4.69, 9.17) is 9.47 Å². The van der Waals surface area contributed by atoms with Gasteiger partial charge in [-0.2, -0.15) is 0 Å². The number of rotatable bonds is 4. The van der Waals surface area contributed by atoms with Crippen LogP contribution in [0, 0.1) is 6.92 Å². The average molecular weight is 322 g/mol. The van der Waals surface area contributed by atoms with Crippen molar-refractivity contribution in [1.29, 1.82) is 0 Å². The molecule has 0 spiro atoms. The third kappa shape index (κ3) is 3.15. The number of aliphatic imine (C=N–C) groups is 1. The molecule has 0 saturated carbocycles. The first-order valence-corrected chi connectivity index (χ1v) is 7.51. The zero-order valence-electron chi connectivity index (χ0n) is 13.8. The fourth-order valence-electron chi connectivity index (χ4n) is 2.42. The molecule has 0 aromatic heterocycles. The maximum Gasteiger partial charge on any atom is 0.275 e. The summed E-state index contributed by atoms with van der Waals surface area (Å²) in [6.07, 6.45) is 1.72. The Bertz CT molecular complexity index is 836. The molecule has 0 radical (unpaired) electrons. The molecule has 1 heterocycles. The van der Waals surface area contributed by atoms with Crippen LogP contribution in [0.3, 0.4) is 0 Å². The Labute approximate surface area is 140 Å². The van der Waals surface area contributed by atoms with E-state index in [1.165, 1.54) is 0 Å². The number of hydrogen-bond donors (Lipinski definition) is 1. The van der Waals surface area contributed by atoms with Gasteiger partial charge in [-0.1, -0.05) is 35.9 Å². The summed E-state index contributed by atoms with van der Waals surface area (Å²) in [5, 5.41) is 2.80. The number of carbonyl (C=O) groups is 1. The molecule has 2 aromatic rings. The van der Waals surface area contributed by atoms with Crippen molar-refractivity contribution < 1.29 is 14.3 Å². The molecular weight excluding hydrogens is 304 g/mol. The van der Waals surface area contributed by atoms with Gasteiger partial charge >= 0.3 is 0 Å². The van der Waals surface area contributed by atoms with E-state index >= 15 is 0 Å². The number of amidine groups is 1. The first kappa shape index (κ1) is 15.8. The first-order valence-electron chi connectivity index (χ1n) is 7.51. The van der Waals surface area contributed by atoms with Gasteiger partial charge in [0.05, 0.1) is 14.2 Å². The number of amides is 1. The predicted octanol–water partition coefficient (Wildman–Crippen LogP) is 2.93. The third-order valence-electron chi connectivity index (χ3n) is 3.73. The van der Waals surface area contributed by atoms with Crippen molar-refractivity contribution in [3.8, 4) is 11.5 Å². The highest BCUT2D eigenvalue weighted by Gasteiger charge is 2.21. The van der Waals surface area contributed by atoms with Crippen molar-refractivity contribution in [2.24, 2.45) is 4.99 Å². The van der Waals surface area contributed by atoms with Gasteiger partial charge in [-0.15, -0.1) is 0 Å². The molecule has 0 fully saturated rings. The van der Waals surface area contributed by atoms with Crippen LogP contribution < -0.4 is 14.8 Å². The number of aryl methyl sites for hydroxylation is 1. The lowest BCUT2D eigenvalue weighted by molar-refractivity contribution is -0.115. The maximum atomic E-state index is 12.2. The summed E-state index contributed by atoms with van der Waals surface area (Å²) in [5.74, 6) is 1.58. The average Bonchev–Trinajstić information content (AvgIpc) is 2.96. The van der Waals surface area contributed by atoms with Crippen LogP contribution in [-0.2, 0) is 4.79 Å². The molecule has 122 valence electrons. The van der Waals surface area contributed by atoms with Crippen molar-refractivity contribution in [3.05, 3.63) is 64.9 Å². The highest BCUT2D eigenvalue weighted by atomic mass is 16.5. The molecular formula is C19H18N2O3. The van der Waals surface area contributed by atoms with Crippen molar-refractivity contribution in [2.45, 2.75) is 6.92 Å². The lowest BCUT2D eigenvalue weighted by Gasteiger charge is -2.07. The van der Waals surface area contributed by atoms with E-state index in [1.54, 1.807) is 32.4 Å². The molecule has 2 aromatic carbocycles. The normalized spacial score (nSPS) is 15.2. The van der Waals surface area contributed by atoms with Crippen LogP contribution in [0.15, 0.2) is 53.2 Å². The largest absolute Gasteiger partial charge is 0.493 e. The first-order chi connectivity index (χ1) is 11.6. The predicted molar refractivity (Wildman–Crippen MR) is 93.4 cm³/mol. The Morgan fingerprint density at radius 3 is 2.38 bits per heavy atom. The van der Waals surface area contributed by atoms with Crippen LogP contribution in [-0.4, -0.2) is 26.0 Å². The zero-order chi connectivity index (χ0) is 17.1. The SMILES string of the molecule is COc1ccc(C=C2N=C(c3ccc(C)cc3)NC2=O)cc1OC. The van der Waals surface area contributed by atoms with Crippen molar-refractivity contribution >= 4 is 17.8 Å². The van der Waals surface area contributed by atoms with E-state index in [0.717, 1.165) is 16.7 Å². The minimum Gasteiger partial charge on any atom is -0.493 e. The van der Waals surface area contributed by atoms with Crippen LogP contribution in [0.25, 0.3) is 6.08 Å². The molecule has 3 rings (SSSR count). The van der Waals surface area contributed by atoms with Gasteiger partial charge in [-0.05, 0) is 30.7 Å². The standard InChI is InChI=1S/C19H18N2O3/c1-12-4-7-14(8-5-12)18-20-15(19(22)21-18)10-13-6-9-16(23-2)17(11-13)24-3/h4-11H,1-3H3,(H,20,21,22). The Kier molecular flexibility index (Phi) is 4.33. The molecule has 1 aliphatic rings. The molecule has 0 unspecified atom stereocenters. The molecule has 0 bridgehead atoms. The van der Waals surface area contributed by atoms with Crippen LogP contribution >= 0.6 is 0 Å². The number of ether oxygens (including phenoxy) is 2. The molecule has 1 amide bonds. The zero-order valence-corrected chi connectivity index (χ0v) is 13.8. The Hall–Kier alpha value is -3.08. The van der Waals surface area contributed by atoms with E-state index < -0.39 is 0 Å². The summed E-state index contributed by atoms with van der Waals surface area (Å²) < 4.78 is 10.5. The van der Waals surface area contributed by atoms with Crippen molar-refractivity contribution in [2.75, 3.05) is 14.2 Å². The number of methoxy groups -OCH3 is 2. The number of nitrogens with zero attached hydrogens (tertiary/aromatic N) is 1. The minimum absolute atomic E-state index is 0.222. The summed E-state index contributed by atoms with van der Waals surface area (Å²) in [6.45, 7) is 2.02. The molecule has 0 saturated heterocycles. The number of hydrogen-bond acceptors (Lipinski definition) is 4. The fourth-order valence-corrected chi connectivity index (χ4v) is 2.42. The molecule has 24 heavy (non-hydrogen) atoms. The van der Waals surface area contributed by atoms with E-state index in [9.17, 15) is 4.79 Å². The molecule has 0 atom stereocenters. The van der Waals surface area contributed by atoms with E-state index in [-0.39, 0.29) is 5.91 Å².